The van der Waals surface area contributed by atoms with Crippen molar-refractivity contribution in [3.8, 4) is 0 Å². The molecule has 1 aliphatic rings. The van der Waals surface area contributed by atoms with Crippen LogP contribution in [0.15, 0.2) is 60.7 Å². The Hall–Kier alpha value is -4.54. The van der Waals surface area contributed by atoms with Crippen LogP contribution in [0.3, 0.4) is 0 Å². The average molecular weight is 482 g/mol. The van der Waals surface area contributed by atoms with E-state index < -0.39 is 54.3 Å². The van der Waals surface area contributed by atoms with Crippen LogP contribution in [0.25, 0.3) is 0 Å². The van der Waals surface area contributed by atoms with Crippen molar-refractivity contribution in [2.45, 2.75) is 32.4 Å². The minimum Gasteiger partial charge on any atom is -0.443 e. The molecule has 0 aliphatic carbocycles. The van der Waals surface area contributed by atoms with Gasteiger partial charge in [0.2, 0.25) is 0 Å². The molecule has 11 heteroatoms. The van der Waals surface area contributed by atoms with Crippen molar-refractivity contribution in [3.63, 3.8) is 0 Å². The Kier molecular flexibility index (Phi) is 7.28. The van der Waals surface area contributed by atoms with Crippen LogP contribution in [0.2, 0.25) is 0 Å². The Morgan fingerprint density at radius 1 is 0.771 bits per heavy atom. The van der Waals surface area contributed by atoms with E-state index in [1.54, 1.807) is 45.0 Å². The molecule has 1 fully saturated rings. The quantitative estimate of drug-likeness (QED) is 0.366. The highest BCUT2D eigenvalue weighted by Crippen LogP contribution is 2.22. The Labute approximate surface area is 200 Å². The van der Waals surface area contributed by atoms with Crippen molar-refractivity contribution in [2.75, 3.05) is 6.54 Å². The van der Waals surface area contributed by atoms with Gasteiger partial charge in [-0.05, 0) is 45.0 Å². The summed E-state index contributed by atoms with van der Waals surface area (Å²) in [6, 6.07) is 11.9. The zero-order valence-corrected chi connectivity index (χ0v) is 19.1. The van der Waals surface area contributed by atoms with E-state index in [0.717, 1.165) is 0 Å². The summed E-state index contributed by atoms with van der Waals surface area (Å²) in [6.45, 7) is 3.99. The predicted molar refractivity (Wildman–Crippen MR) is 118 cm³/mol. The largest absolute Gasteiger partial charge is 0.443 e. The second kappa shape index (κ2) is 10.2. The minimum absolute atomic E-state index is 0.00914. The van der Waals surface area contributed by atoms with E-state index in [1.807, 2.05) is 0 Å². The Balaban J connectivity index is 1.84. The summed E-state index contributed by atoms with van der Waals surface area (Å²) in [5, 5.41) is 0. The van der Waals surface area contributed by atoms with Crippen molar-refractivity contribution in [1.29, 1.82) is 0 Å². The number of esters is 3. The van der Waals surface area contributed by atoms with Crippen LogP contribution in [0, 0.1) is 0 Å². The molecule has 4 amide bonds. The summed E-state index contributed by atoms with van der Waals surface area (Å²) in [7, 11) is 0. The molecule has 0 aromatic heterocycles. The highest BCUT2D eigenvalue weighted by atomic mass is 16.6. The van der Waals surface area contributed by atoms with Gasteiger partial charge in [0.25, 0.3) is 0 Å². The number of carbonyl (C=O) groups excluding carboxylic acids is 6. The van der Waals surface area contributed by atoms with E-state index in [1.165, 1.54) is 36.4 Å². The number of nitrogens with zero attached hydrogens (tertiary/aromatic N) is 2. The molecule has 182 valence electrons. The number of hydrogen-bond acceptors (Lipinski definition) is 9. The third-order valence-corrected chi connectivity index (χ3v) is 4.58. The van der Waals surface area contributed by atoms with Gasteiger partial charge in [0, 0.05) is 0 Å². The molecule has 1 aliphatic heterocycles. The SMILES string of the molecule is CC(C)(C)OC(=O)N1C[C@@H](C(=O)OC(=O)c2ccccc2)N(C(=O)OC(=O)c2ccccc2)C1=O. The fraction of sp³-hybridized carbons (Fsp3) is 0.250. The lowest BCUT2D eigenvalue weighted by molar-refractivity contribution is -0.141. The number of benzene rings is 2. The second-order valence-corrected chi connectivity index (χ2v) is 8.36. The summed E-state index contributed by atoms with van der Waals surface area (Å²) < 4.78 is 14.7. The first-order chi connectivity index (χ1) is 16.5. The lowest BCUT2D eigenvalue weighted by atomic mass is 10.2. The summed E-state index contributed by atoms with van der Waals surface area (Å²) >= 11 is 0. The van der Waals surface area contributed by atoms with E-state index in [2.05, 4.69) is 0 Å². The number of amides is 4. The third kappa shape index (κ3) is 6.08. The lowest BCUT2D eigenvalue weighted by Crippen LogP contribution is -2.46. The minimum atomic E-state index is -1.77. The van der Waals surface area contributed by atoms with Crippen molar-refractivity contribution >= 4 is 36.1 Å². The Morgan fingerprint density at radius 3 is 1.74 bits per heavy atom. The zero-order chi connectivity index (χ0) is 25.8. The van der Waals surface area contributed by atoms with Gasteiger partial charge in [-0.1, -0.05) is 36.4 Å². The molecule has 1 saturated heterocycles. The smallest absolute Gasteiger partial charge is 0.426 e. The van der Waals surface area contributed by atoms with Crippen LogP contribution >= 0.6 is 0 Å². The predicted octanol–water partition coefficient (Wildman–Crippen LogP) is 3.39. The van der Waals surface area contributed by atoms with Crippen LogP contribution in [-0.4, -0.2) is 64.1 Å². The molecule has 0 saturated carbocycles. The van der Waals surface area contributed by atoms with Crippen LogP contribution in [-0.2, 0) is 19.0 Å². The fourth-order valence-electron chi connectivity index (χ4n) is 3.01. The number of imide groups is 2. The van der Waals surface area contributed by atoms with Crippen molar-refractivity contribution in [2.24, 2.45) is 0 Å². The summed E-state index contributed by atoms with van der Waals surface area (Å²) in [5.41, 5.74) is -0.939. The Morgan fingerprint density at radius 2 is 1.26 bits per heavy atom. The first-order valence-corrected chi connectivity index (χ1v) is 10.4. The molecule has 1 heterocycles. The standard InChI is InChI=1S/C24H22N2O9/c1-24(2,3)35-22(31)25-14-17(20(29)33-18(27)15-10-6-4-7-11-15)26(21(25)30)23(32)34-19(28)16-12-8-5-9-13-16/h4-13,17H,14H2,1-3H3/t17-/m0/s1. The molecule has 2 aromatic rings. The second-order valence-electron chi connectivity index (χ2n) is 8.36. The number of hydrogen-bond donors (Lipinski definition) is 0. The van der Waals surface area contributed by atoms with Gasteiger partial charge in [0.15, 0.2) is 6.04 Å². The van der Waals surface area contributed by atoms with Crippen LogP contribution in [0.4, 0.5) is 14.4 Å². The monoisotopic (exact) mass is 482 g/mol. The van der Waals surface area contributed by atoms with Gasteiger partial charge >= 0.3 is 36.1 Å². The van der Waals surface area contributed by atoms with Crippen LogP contribution in [0.1, 0.15) is 41.5 Å². The molecule has 3 rings (SSSR count). The molecule has 35 heavy (non-hydrogen) atoms. The first kappa shape index (κ1) is 25.1. The molecule has 11 nitrogen and oxygen atoms in total. The molecule has 0 N–H and O–H groups in total. The molecular formula is C24H22N2O9. The average Bonchev–Trinajstić information content (AvgIpc) is 3.16. The number of urea groups is 1. The lowest BCUT2D eigenvalue weighted by Gasteiger charge is -2.23. The fourth-order valence-corrected chi connectivity index (χ4v) is 3.01. The number of rotatable bonds is 3. The number of ether oxygens (including phenoxy) is 3. The van der Waals surface area contributed by atoms with Crippen LogP contribution in [0.5, 0.6) is 0 Å². The van der Waals surface area contributed by atoms with Crippen molar-refractivity contribution in [3.05, 3.63) is 71.8 Å². The number of carbonyl (C=O) groups is 6. The normalized spacial score (nSPS) is 15.4. The van der Waals surface area contributed by atoms with Gasteiger partial charge in [0.05, 0.1) is 17.7 Å². The highest BCUT2D eigenvalue weighted by molar-refractivity contribution is 6.09. The molecule has 2 aromatic carbocycles. The van der Waals surface area contributed by atoms with E-state index in [9.17, 15) is 28.8 Å². The van der Waals surface area contributed by atoms with E-state index in [-0.39, 0.29) is 16.0 Å². The van der Waals surface area contributed by atoms with Crippen molar-refractivity contribution < 1.29 is 43.0 Å². The van der Waals surface area contributed by atoms with E-state index >= 15 is 0 Å². The maximum absolute atomic E-state index is 12.9. The van der Waals surface area contributed by atoms with Gasteiger partial charge in [-0.3, -0.25) is 0 Å². The zero-order valence-electron chi connectivity index (χ0n) is 19.1. The topological polar surface area (TPSA) is 137 Å². The molecule has 0 radical (unpaired) electrons. The maximum Gasteiger partial charge on any atom is 0.426 e. The summed E-state index contributed by atoms with van der Waals surface area (Å²) in [6.07, 6.45) is -2.66. The third-order valence-electron chi connectivity index (χ3n) is 4.58. The first-order valence-electron chi connectivity index (χ1n) is 10.4. The summed E-state index contributed by atoms with van der Waals surface area (Å²) in [4.78, 5) is 76.3. The molecule has 0 spiro atoms. The molecular weight excluding hydrogens is 460 g/mol. The van der Waals surface area contributed by atoms with E-state index in [0.29, 0.717) is 4.90 Å². The van der Waals surface area contributed by atoms with Gasteiger partial charge in [-0.25, -0.2) is 38.6 Å². The van der Waals surface area contributed by atoms with Crippen LogP contribution < -0.4 is 0 Å². The van der Waals surface area contributed by atoms with Gasteiger partial charge in [0.1, 0.15) is 5.60 Å². The molecule has 0 bridgehead atoms. The maximum atomic E-state index is 12.9. The summed E-state index contributed by atoms with van der Waals surface area (Å²) in [5.74, 6) is -3.43. The highest BCUT2D eigenvalue weighted by Gasteiger charge is 2.51. The van der Waals surface area contributed by atoms with Crippen molar-refractivity contribution in [1.82, 2.24) is 9.80 Å². The Bertz CT molecular complexity index is 1160. The van der Waals surface area contributed by atoms with Gasteiger partial charge in [-0.2, -0.15) is 0 Å². The van der Waals surface area contributed by atoms with E-state index in [4.69, 9.17) is 14.2 Å². The van der Waals surface area contributed by atoms with Gasteiger partial charge < -0.3 is 14.2 Å². The van der Waals surface area contributed by atoms with Gasteiger partial charge in [-0.15, -0.1) is 0 Å². The molecule has 0 unspecified atom stereocenters. The molecule has 1 atom stereocenters.